The SMILES string of the molecule is CC(C)COc1ccc(CC(=N)N)nc1. The van der Waals surface area contributed by atoms with Crippen molar-refractivity contribution in [3.05, 3.63) is 24.0 Å². The molecule has 0 fully saturated rings. The van der Waals surface area contributed by atoms with Crippen LogP contribution in [0.4, 0.5) is 0 Å². The molecule has 0 aliphatic heterocycles. The highest BCUT2D eigenvalue weighted by molar-refractivity contribution is 5.78. The van der Waals surface area contributed by atoms with Crippen molar-refractivity contribution in [2.75, 3.05) is 6.61 Å². The third-order valence-corrected chi connectivity index (χ3v) is 1.75. The summed E-state index contributed by atoms with van der Waals surface area (Å²) in [6, 6.07) is 3.69. The van der Waals surface area contributed by atoms with E-state index in [2.05, 4.69) is 18.8 Å². The van der Waals surface area contributed by atoms with Gasteiger partial charge in [-0.05, 0) is 18.1 Å². The van der Waals surface area contributed by atoms with E-state index in [0.717, 1.165) is 11.4 Å². The van der Waals surface area contributed by atoms with E-state index in [1.807, 2.05) is 12.1 Å². The molecule has 1 heterocycles. The van der Waals surface area contributed by atoms with E-state index in [-0.39, 0.29) is 5.84 Å². The first-order valence-electron chi connectivity index (χ1n) is 4.98. The molecule has 0 aromatic carbocycles. The molecule has 82 valence electrons. The minimum Gasteiger partial charge on any atom is -0.492 e. The van der Waals surface area contributed by atoms with Crippen LogP contribution in [-0.4, -0.2) is 17.4 Å². The van der Waals surface area contributed by atoms with Gasteiger partial charge < -0.3 is 10.5 Å². The van der Waals surface area contributed by atoms with Gasteiger partial charge in [0.05, 0.1) is 18.6 Å². The standard InChI is InChI=1S/C11H17N3O/c1-8(2)7-15-10-4-3-9(14-6-10)5-11(12)13/h3-4,6,8H,5,7H2,1-2H3,(H3,12,13). The lowest BCUT2D eigenvalue weighted by Crippen LogP contribution is -2.13. The number of amidine groups is 1. The topological polar surface area (TPSA) is 72.0 Å². The molecule has 3 N–H and O–H groups in total. The quantitative estimate of drug-likeness (QED) is 0.569. The molecule has 0 radical (unpaired) electrons. The highest BCUT2D eigenvalue weighted by atomic mass is 16.5. The molecular weight excluding hydrogens is 190 g/mol. The van der Waals surface area contributed by atoms with Crippen LogP contribution in [0.5, 0.6) is 5.75 Å². The maximum atomic E-state index is 7.13. The van der Waals surface area contributed by atoms with Crippen LogP contribution in [0.1, 0.15) is 19.5 Å². The first kappa shape index (κ1) is 11.5. The van der Waals surface area contributed by atoms with Crippen molar-refractivity contribution in [2.24, 2.45) is 11.7 Å². The van der Waals surface area contributed by atoms with Gasteiger partial charge in [-0.15, -0.1) is 0 Å². The van der Waals surface area contributed by atoms with Crippen LogP contribution in [0.2, 0.25) is 0 Å². The molecule has 1 aromatic rings. The summed E-state index contributed by atoms with van der Waals surface area (Å²) < 4.78 is 5.48. The van der Waals surface area contributed by atoms with Gasteiger partial charge in [0.15, 0.2) is 0 Å². The van der Waals surface area contributed by atoms with E-state index in [4.69, 9.17) is 15.9 Å². The maximum absolute atomic E-state index is 7.13. The fraction of sp³-hybridized carbons (Fsp3) is 0.455. The van der Waals surface area contributed by atoms with Gasteiger partial charge in [-0.3, -0.25) is 10.4 Å². The fourth-order valence-corrected chi connectivity index (χ4v) is 1.06. The third-order valence-electron chi connectivity index (χ3n) is 1.75. The smallest absolute Gasteiger partial charge is 0.137 e. The summed E-state index contributed by atoms with van der Waals surface area (Å²) in [6.07, 6.45) is 2.06. The fourth-order valence-electron chi connectivity index (χ4n) is 1.06. The Balaban J connectivity index is 2.52. The van der Waals surface area contributed by atoms with Crippen molar-refractivity contribution < 1.29 is 4.74 Å². The molecule has 0 aliphatic rings. The molecule has 0 aliphatic carbocycles. The summed E-state index contributed by atoms with van der Waals surface area (Å²) in [7, 11) is 0. The van der Waals surface area contributed by atoms with Gasteiger partial charge in [0.1, 0.15) is 5.75 Å². The zero-order valence-electron chi connectivity index (χ0n) is 9.16. The van der Waals surface area contributed by atoms with Gasteiger partial charge in [0, 0.05) is 12.1 Å². The van der Waals surface area contributed by atoms with Gasteiger partial charge in [0.2, 0.25) is 0 Å². The van der Waals surface area contributed by atoms with E-state index in [1.54, 1.807) is 6.20 Å². The zero-order valence-corrected chi connectivity index (χ0v) is 9.16. The summed E-state index contributed by atoms with van der Waals surface area (Å²) in [5, 5.41) is 7.13. The van der Waals surface area contributed by atoms with Crippen molar-refractivity contribution in [1.29, 1.82) is 5.41 Å². The number of hydrogen-bond acceptors (Lipinski definition) is 3. The third kappa shape index (κ3) is 4.44. The Morgan fingerprint density at radius 1 is 1.53 bits per heavy atom. The van der Waals surface area contributed by atoms with Crippen LogP contribution in [0, 0.1) is 11.3 Å². The molecule has 0 spiro atoms. The number of rotatable bonds is 5. The van der Waals surface area contributed by atoms with Crippen LogP contribution < -0.4 is 10.5 Å². The average Bonchev–Trinajstić information content (AvgIpc) is 2.16. The molecule has 0 unspecified atom stereocenters. The molecule has 4 heteroatoms. The van der Waals surface area contributed by atoms with Gasteiger partial charge in [-0.2, -0.15) is 0 Å². The Hall–Kier alpha value is -1.58. The number of ether oxygens (including phenoxy) is 1. The van der Waals surface area contributed by atoms with Crippen LogP contribution in [0.3, 0.4) is 0 Å². The number of nitrogens with one attached hydrogen (secondary N) is 1. The second-order valence-corrected chi connectivity index (χ2v) is 3.89. The van der Waals surface area contributed by atoms with Crippen molar-refractivity contribution in [1.82, 2.24) is 4.98 Å². The molecule has 15 heavy (non-hydrogen) atoms. The lowest BCUT2D eigenvalue weighted by Gasteiger charge is -2.08. The van der Waals surface area contributed by atoms with Crippen molar-refractivity contribution >= 4 is 5.84 Å². The lowest BCUT2D eigenvalue weighted by molar-refractivity contribution is 0.270. The molecule has 1 rings (SSSR count). The first-order chi connectivity index (χ1) is 7.08. The van der Waals surface area contributed by atoms with Gasteiger partial charge in [0.25, 0.3) is 0 Å². The van der Waals surface area contributed by atoms with Gasteiger partial charge >= 0.3 is 0 Å². The summed E-state index contributed by atoms with van der Waals surface area (Å²) in [6.45, 7) is 4.88. The van der Waals surface area contributed by atoms with E-state index in [9.17, 15) is 0 Å². The average molecular weight is 207 g/mol. The summed E-state index contributed by atoms with van der Waals surface area (Å²) in [5.41, 5.74) is 6.06. The summed E-state index contributed by atoms with van der Waals surface area (Å²) in [5.74, 6) is 1.39. The van der Waals surface area contributed by atoms with Crippen LogP contribution in [0.15, 0.2) is 18.3 Å². The summed E-state index contributed by atoms with van der Waals surface area (Å²) >= 11 is 0. The number of aromatic nitrogens is 1. The van der Waals surface area contributed by atoms with Crippen molar-refractivity contribution in [3.63, 3.8) is 0 Å². The highest BCUT2D eigenvalue weighted by Crippen LogP contribution is 2.10. The Bertz CT molecular complexity index is 319. The van der Waals surface area contributed by atoms with E-state index in [1.165, 1.54) is 0 Å². The molecule has 0 bridgehead atoms. The van der Waals surface area contributed by atoms with Crippen LogP contribution in [-0.2, 0) is 6.42 Å². The van der Waals surface area contributed by atoms with Gasteiger partial charge in [-0.25, -0.2) is 0 Å². The molecule has 0 saturated heterocycles. The highest BCUT2D eigenvalue weighted by Gasteiger charge is 1.99. The van der Waals surface area contributed by atoms with Gasteiger partial charge in [-0.1, -0.05) is 13.8 Å². The van der Waals surface area contributed by atoms with E-state index in [0.29, 0.717) is 18.9 Å². The molecule has 4 nitrogen and oxygen atoms in total. The number of pyridine rings is 1. The second kappa shape index (κ2) is 5.34. The molecule has 0 amide bonds. The molecule has 1 aromatic heterocycles. The Kier molecular flexibility index (Phi) is 4.09. The molecule has 0 saturated carbocycles. The van der Waals surface area contributed by atoms with Crippen LogP contribution >= 0.6 is 0 Å². The Labute approximate surface area is 90.0 Å². The second-order valence-electron chi connectivity index (χ2n) is 3.89. The first-order valence-corrected chi connectivity index (χ1v) is 4.98. The predicted octanol–water partition coefficient (Wildman–Crippen LogP) is 1.59. The normalized spacial score (nSPS) is 10.3. The number of nitrogens with zero attached hydrogens (tertiary/aromatic N) is 1. The minimum atomic E-state index is 0.123. The number of nitrogens with two attached hydrogens (primary N) is 1. The maximum Gasteiger partial charge on any atom is 0.137 e. The predicted molar refractivity (Wildman–Crippen MR) is 60.2 cm³/mol. The molecule has 0 atom stereocenters. The Morgan fingerprint density at radius 3 is 2.73 bits per heavy atom. The summed E-state index contributed by atoms with van der Waals surface area (Å²) in [4.78, 5) is 4.15. The van der Waals surface area contributed by atoms with Crippen LogP contribution in [0.25, 0.3) is 0 Å². The monoisotopic (exact) mass is 207 g/mol. The van der Waals surface area contributed by atoms with E-state index >= 15 is 0 Å². The number of hydrogen-bond donors (Lipinski definition) is 2. The molecular formula is C11H17N3O. The van der Waals surface area contributed by atoms with E-state index < -0.39 is 0 Å². The Morgan fingerprint density at radius 2 is 2.27 bits per heavy atom. The lowest BCUT2D eigenvalue weighted by atomic mass is 10.2. The van der Waals surface area contributed by atoms with Crippen molar-refractivity contribution in [2.45, 2.75) is 20.3 Å². The largest absolute Gasteiger partial charge is 0.492 e. The van der Waals surface area contributed by atoms with Crippen molar-refractivity contribution in [3.8, 4) is 5.75 Å². The minimum absolute atomic E-state index is 0.123. The zero-order chi connectivity index (χ0) is 11.3.